The first-order valence-electron chi connectivity index (χ1n) is 6.43. The Morgan fingerprint density at radius 1 is 1.15 bits per heavy atom. The summed E-state index contributed by atoms with van der Waals surface area (Å²) in [5, 5.41) is 4.55. The lowest BCUT2D eigenvalue weighted by molar-refractivity contribution is 0.601. The minimum Gasteiger partial charge on any atom is -0.381 e. The van der Waals surface area contributed by atoms with Crippen LogP contribution in [0.2, 0.25) is 10.0 Å². The number of rotatable bonds is 4. The fourth-order valence-corrected chi connectivity index (χ4v) is 2.50. The summed E-state index contributed by atoms with van der Waals surface area (Å²) in [5.41, 5.74) is 2.39. The number of benzene rings is 2. The van der Waals surface area contributed by atoms with Gasteiger partial charge in [0.2, 0.25) is 0 Å². The van der Waals surface area contributed by atoms with Crippen LogP contribution in [0.25, 0.3) is 0 Å². The van der Waals surface area contributed by atoms with Crippen molar-refractivity contribution in [2.45, 2.75) is 26.3 Å². The average molecular weight is 312 g/mol. The molecule has 0 bridgehead atoms. The number of anilines is 1. The SMILES string of the molecule is Cc1cc(Cl)c(NC(C)Cc2ccccc2F)cc1Cl. The standard InChI is InChI=1S/C16H16Cl2FN/c1-10-7-14(18)16(9-13(10)17)20-11(2)8-12-5-3-4-6-15(12)19/h3-7,9,11,20H,8H2,1-2H3. The molecule has 0 aliphatic rings. The quantitative estimate of drug-likeness (QED) is 0.788. The molecule has 20 heavy (non-hydrogen) atoms. The third-order valence-electron chi connectivity index (χ3n) is 3.13. The summed E-state index contributed by atoms with van der Waals surface area (Å²) in [4.78, 5) is 0. The maximum atomic E-state index is 13.6. The topological polar surface area (TPSA) is 12.0 Å². The highest BCUT2D eigenvalue weighted by Crippen LogP contribution is 2.29. The van der Waals surface area contributed by atoms with Crippen molar-refractivity contribution in [1.82, 2.24) is 0 Å². The number of nitrogens with one attached hydrogen (secondary N) is 1. The van der Waals surface area contributed by atoms with Gasteiger partial charge in [0.15, 0.2) is 0 Å². The highest BCUT2D eigenvalue weighted by molar-refractivity contribution is 6.35. The Balaban J connectivity index is 2.11. The summed E-state index contributed by atoms with van der Waals surface area (Å²) in [6, 6.07) is 10.4. The molecule has 1 nitrogen and oxygen atoms in total. The average Bonchev–Trinajstić information content (AvgIpc) is 2.39. The second-order valence-electron chi connectivity index (χ2n) is 4.92. The molecule has 1 unspecified atom stereocenters. The van der Waals surface area contributed by atoms with E-state index >= 15 is 0 Å². The highest BCUT2D eigenvalue weighted by atomic mass is 35.5. The van der Waals surface area contributed by atoms with E-state index < -0.39 is 0 Å². The number of aryl methyl sites for hydroxylation is 1. The lowest BCUT2D eigenvalue weighted by Crippen LogP contribution is -2.19. The van der Waals surface area contributed by atoms with Gasteiger partial charge in [-0.1, -0.05) is 41.4 Å². The van der Waals surface area contributed by atoms with E-state index in [9.17, 15) is 4.39 Å². The summed E-state index contributed by atoms with van der Waals surface area (Å²) in [7, 11) is 0. The lowest BCUT2D eigenvalue weighted by atomic mass is 10.1. The minimum atomic E-state index is -0.186. The summed E-state index contributed by atoms with van der Waals surface area (Å²) in [5.74, 6) is -0.186. The van der Waals surface area contributed by atoms with E-state index in [1.54, 1.807) is 18.2 Å². The van der Waals surface area contributed by atoms with Gasteiger partial charge in [-0.25, -0.2) is 4.39 Å². The Labute approximate surface area is 128 Å². The van der Waals surface area contributed by atoms with Crippen molar-refractivity contribution in [3.63, 3.8) is 0 Å². The molecule has 1 N–H and O–H groups in total. The number of hydrogen-bond acceptors (Lipinski definition) is 1. The summed E-state index contributed by atoms with van der Waals surface area (Å²) in [6.45, 7) is 3.89. The molecule has 2 aromatic rings. The zero-order valence-corrected chi connectivity index (χ0v) is 12.9. The molecule has 0 aromatic heterocycles. The van der Waals surface area contributed by atoms with Crippen molar-refractivity contribution >= 4 is 28.9 Å². The van der Waals surface area contributed by atoms with Gasteiger partial charge >= 0.3 is 0 Å². The maximum Gasteiger partial charge on any atom is 0.126 e. The number of halogens is 3. The number of hydrogen-bond donors (Lipinski definition) is 1. The molecule has 0 saturated heterocycles. The van der Waals surface area contributed by atoms with Gasteiger partial charge in [0.05, 0.1) is 10.7 Å². The van der Waals surface area contributed by atoms with E-state index in [2.05, 4.69) is 5.32 Å². The molecule has 0 heterocycles. The van der Waals surface area contributed by atoms with Crippen molar-refractivity contribution in [2.24, 2.45) is 0 Å². The molecule has 2 rings (SSSR count). The van der Waals surface area contributed by atoms with Crippen LogP contribution in [-0.2, 0) is 6.42 Å². The molecule has 0 saturated carbocycles. The van der Waals surface area contributed by atoms with Crippen molar-refractivity contribution in [3.8, 4) is 0 Å². The minimum absolute atomic E-state index is 0.0446. The van der Waals surface area contributed by atoms with Gasteiger partial charge in [-0.3, -0.25) is 0 Å². The molecular weight excluding hydrogens is 296 g/mol. The van der Waals surface area contributed by atoms with Crippen LogP contribution in [0.3, 0.4) is 0 Å². The van der Waals surface area contributed by atoms with E-state index in [1.807, 2.05) is 26.0 Å². The van der Waals surface area contributed by atoms with E-state index in [0.717, 1.165) is 11.3 Å². The fraction of sp³-hybridized carbons (Fsp3) is 0.250. The smallest absolute Gasteiger partial charge is 0.126 e. The second kappa shape index (κ2) is 6.47. The van der Waals surface area contributed by atoms with E-state index in [1.165, 1.54) is 6.07 Å². The Morgan fingerprint density at radius 2 is 1.85 bits per heavy atom. The fourth-order valence-electron chi connectivity index (χ4n) is 2.07. The van der Waals surface area contributed by atoms with Gasteiger partial charge in [-0.05, 0) is 49.6 Å². The Kier molecular flexibility index (Phi) is 4.90. The molecule has 0 aliphatic carbocycles. The van der Waals surface area contributed by atoms with Gasteiger partial charge in [0.1, 0.15) is 5.82 Å². The first-order valence-corrected chi connectivity index (χ1v) is 7.18. The predicted octanol–water partition coefficient (Wildman–Crippen LogP) is 5.48. The van der Waals surface area contributed by atoms with Crippen LogP contribution in [-0.4, -0.2) is 6.04 Å². The van der Waals surface area contributed by atoms with Crippen LogP contribution >= 0.6 is 23.2 Å². The second-order valence-corrected chi connectivity index (χ2v) is 5.74. The van der Waals surface area contributed by atoms with Crippen molar-refractivity contribution in [1.29, 1.82) is 0 Å². The van der Waals surface area contributed by atoms with Gasteiger partial charge < -0.3 is 5.32 Å². The zero-order chi connectivity index (χ0) is 14.7. The molecule has 0 amide bonds. The summed E-state index contributed by atoms with van der Waals surface area (Å²) >= 11 is 12.3. The van der Waals surface area contributed by atoms with Crippen LogP contribution in [0.1, 0.15) is 18.1 Å². The monoisotopic (exact) mass is 311 g/mol. The lowest BCUT2D eigenvalue weighted by Gasteiger charge is -2.17. The predicted molar refractivity (Wildman–Crippen MR) is 84.4 cm³/mol. The van der Waals surface area contributed by atoms with Gasteiger partial charge in [-0.2, -0.15) is 0 Å². The van der Waals surface area contributed by atoms with E-state index in [0.29, 0.717) is 22.0 Å². The Hall–Kier alpha value is -1.25. The molecule has 2 aromatic carbocycles. The summed E-state index contributed by atoms with van der Waals surface area (Å²) < 4.78 is 13.6. The first kappa shape index (κ1) is 15.1. The largest absolute Gasteiger partial charge is 0.381 e. The third-order valence-corrected chi connectivity index (χ3v) is 3.85. The van der Waals surface area contributed by atoms with Crippen LogP contribution in [0.5, 0.6) is 0 Å². The van der Waals surface area contributed by atoms with Gasteiger partial charge in [0.25, 0.3) is 0 Å². The van der Waals surface area contributed by atoms with Crippen molar-refractivity contribution in [3.05, 3.63) is 63.4 Å². The molecule has 0 spiro atoms. The summed E-state index contributed by atoms with van der Waals surface area (Å²) in [6.07, 6.45) is 0.578. The maximum absolute atomic E-state index is 13.6. The van der Waals surface area contributed by atoms with Crippen molar-refractivity contribution < 1.29 is 4.39 Å². The highest BCUT2D eigenvalue weighted by Gasteiger charge is 2.10. The first-order chi connectivity index (χ1) is 9.47. The van der Waals surface area contributed by atoms with Crippen LogP contribution in [0, 0.1) is 12.7 Å². The molecule has 0 fully saturated rings. The molecule has 4 heteroatoms. The van der Waals surface area contributed by atoms with Gasteiger partial charge in [-0.15, -0.1) is 0 Å². The molecular formula is C16H16Cl2FN. The molecule has 0 radical (unpaired) electrons. The van der Waals surface area contributed by atoms with E-state index in [4.69, 9.17) is 23.2 Å². The van der Waals surface area contributed by atoms with Crippen LogP contribution in [0.4, 0.5) is 10.1 Å². The van der Waals surface area contributed by atoms with E-state index in [-0.39, 0.29) is 11.9 Å². The molecule has 0 aliphatic heterocycles. The Morgan fingerprint density at radius 3 is 2.55 bits per heavy atom. The Bertz CT molecular complexity index is 613. The van der Waals surface area contributed by atoms with Crippen LogP contribution in [0.15, 0.2) is 36.4 Å². The third kappa shape index (κ3) is 3.65. The van der Waals surface area contributed by atoms with Crippen LogP contribution < -0.4 is 5.32 Å². The molecule has 1 atom stereocenters. The molecule has 106 valence electrons. The normalized spacial score (nSPS) is 12.2. The van der Waals surface area contributed by atoms with Gasteiger partial charge in [0, 0.05) is 11.1 Å². The van der Waals surface area contributed by atoms with Crippen molar-refractivity contribution in [2.75, 3.05) is 5.32 Å². The zero-order valence-electron chi connectivity index (χ0n) is 11.4.